The molecule has 25 heavy (non-hydrogen) atoms. The first kappa shape index (κ1) is 16.7. The highest BCUT2D eigenvalue weighted by Gasteiger charge is 2.15. The second-order valence-corrected chi connectivity index (χ2v) is 6.44. The van der Waals surface area contributed by atoms with E-state index in [0.717, 1.165) is 4.88 Å². The Morgan fingerprint density at radius 2 is 1.92 bits per heavy atom. The molecule has 2 amide bonds. The maximum Gasteiger partial charge on any atom is 0.291 e. The van der Waals surface area contributed by atoms with E-state index in [1.807, 2.05) is 19.1 Å². The van der Waals surface area contributed by atoms with Crippen molar-refractivity contribution < 1.29 is 14.0 Å². The van der Waals surface area contributed by atoms with Crippen LogP contribution in [0.3, 0.4) is 0 Å². The summed E-state index contributed by atoms with van der Waals surface area (Å²) in [5.41, 5.74) is 3.15. The molecule has 2 aromatic heterocycles. The Hall–Kier alpha value is -3.19. The van der Waals surface area contributed by atoms with Gasteiger partial charge < -0.3 is 9.73 Å². The molecule has 0 bridgehead atoms. The molecule has 0 saturated carbocycles. The van der Waals surface area contributed by atoms with Crippen molar-refractivity contribution in [2.45, 2.75) is 6.92 Å². The summed E-state index contributed by atoms with van der Waals surface area (Å²) in [5.74, 6) is -0.677. The second kappa shape index (κ2) is 7.59. The normalized spacial score (nSPS) is 10.8. The molecule has 7 heteroatoms. The molecular formula is C18H15N3O3S. The van der Waals surface area contributed by atoms with Gasteiger partial charge in [-0.25, -0.2) is 5.43 Å². The fourth-order valence-corrected chi connectivity index (χ4v) is 2.87. The lowest BCUT2D eigenvalue weighted by Crippen LogP contribution is -2.21. The van der Waals surface area contributed by atoms with E-state index in [0.29, 0.717) is 11.3 Å². The van der Waals surface area contributed by atoms with Gasteiger partial charge in [-0.2, -0.15) is 5.10 Å². The van der Waals surface area contributed by atoms with E-state index in [1.165, 1.54) is 11.1 Å². The zero-order chi connectivity index (χ0) is 17.6. The highest BCUT2D eigenvalue weighted by atomic mass is 32.1. The first-order valence-corrected chi connectivity index (χ1v) is 8.29. The Balaban J connectivity index is 1.70. The fourth-order valence-electron chi connectivity index (χ4n) is 2.12. The van der Waals surface area contributed by atoms with Crippen LogP contribution in [-0.2, 0) is 0 Å². The Labute approximate surface area is 148 Å². The largest absolute Gasteiger partial charge is 0.459 e. The predicted molar refractivity (Wildman–Crippen MR) is 97.2 cm³/mol. The number of para-hydroxylation sites is 1. The third kappa shape index (κ3) is 4.21. The van der Waals surface area contributed by atoms with E-state index < -0.39 is 11.8 Å². The summed E-state index contributed by atoms with van der Waals surface area (Å²) in [4.78, 5) is 26.5. The first-order valence-electron chi connectivity index (χ1n) is 7.47. The summed E-state index contributed by atoms with van der Waals surface area (Å²) in [5, 5.41) is 6.62. The van der Waals surface area contributed by atoms with Crippen LogP contribution in [-0.4, -0.2) is 18.0 Å². The van der Waals surface area contributed by atoms with Crippen LogP contribution in [0, 0.1) is 6.92 Å². The molecule has 1 aromatic carbocycles. The van der Waals surface area contributed by atoms with Crippen LogP contribution in [0.2, 0.25) is 0 Å². The number of thiophene rings is 1. The fraction of sp³-hybridized carbons (Fsp3) is 0.0556. The van der Waals surface area contributed by atoms with Crippen LogP contribution in [0.15, 0.2) is 64.3 Å². The van der Waals surface area contributed by atoms with E-state index in [2.05, 4.69) is 15.8 Å². The number of amides is 2. The first-order chi connectivity index (χ1) is 12.1. The molecule has 2 N–H and O–H groups in total. The van der Waals surface area contributed by atoms with E-state index >= 15 is 0 Å². The number of hydrogen-bond acceptors (Lipinski definition) is 5. The minimum Gasteiger partial charge on any atom is -0.459 e. The topological polar surface area (TPSA) is 83.7 Å². The summed E-state index contributed by atoms with van der Waals surface area (Å²) >= 11 is 1.58. The Morgan fingerprint density at radius 1 is 1.08 bits per heavy atom. The molecule has 2 heterocycles. The number of rotatable bonds is 5. The molecule has 0 aliphatic carbocycles. The number of benzene rings is 1. The molecule has 0 unspecified atom stereocenters. The average molecular weight is 353 g/mol. The third-order valence-electron chi connectivity index (χ3n) is 3.28. The lowest BCUT2D eigenvalue weighted by molar-refractivity contribution is 0.0956. The summed E-state index contributed by atoms with van der Waals surface area (Å²) in [7, 11) is 0. The van der Waals surface area contributed by atoms with Crippen LogP contribution >= 0.6 is 11.3 Å². The van der Waals surface area contributed by atoms with Gasteiger partial charge in [-0.3, -0.25) is 9.59 Å². The zero-order valence-electron chi connectivity index (χ0n) is 13.4. The van der Waals surface area contributed by atoms with Crippen molar-refractivity contribution in [3.63, 3.8) is 0 Å². The van der Waals surface area contributed by atoms with Crippen molar-refractivity contribution in [3.8, 4) is 0 Å². The van der Waals surface area contributed by atoms with Gasteiger partial charge in [-0.05, 0) is 43.3 Å². The van der Waals surface area contributed by atoms with Crippen molar-refractivity contribution >= 4 is 35.1 Å². The molecule has 0 saturated heterocycles. The minimum absolute atomic E-state index is 0.168. The highest BCUT2D eigenvalue weighted by Crippen LogP contribution is 2.17. The number of nitrogens with zero attached hydrogens (tertiary/aromatic N) is 1. The number of aryl methyl sites for hydroxylation is 1. The van der Waals surface area contributed by atoms with Gasteiger partial charge in [0.2, 0.25) is 0 Å². The molecule has 0 atom stereocenters. The van der Waals surface area contributed by atoms with Crippen molar-refractivity contribution in [2.24, 2.45) is 5.10 Å². The Morgan fingerprint density at radius 3 is 2.64 bits per heavy atom. The monoisotopic (exact) mass is 353 g/mol. The molecule has 3 rings (SSSR count). The van der Waals surface area contributed by atoms with E-state index in [4.69, 9.17) is 4.42 Å². The summed E-state index contributed by atoms with van der Waals surface area (Å²) in [6, 6.07) is 13.8. The van der Waals surface area contributed by atoms with Gasteiger partial charge in [0.25, 0.3) is 11.8 Å². The number of nitrogens with one attached hydrogen (secondary N) is 2. The maximum atomic E-state index is 12.3. The number of hydrazone groups is 1. The number of carbonyl (C=O) groups is 2. The standard InChI is InChI=1S/C18H15N3O3S/c1-12-8-9-13(25-12)11-19-21-17(22)14-5-2-3-6-15(14)20-18(23)16-7-4-10-24-16/h2-11H,1H3,(H,20,23)(H,21,22)/b19-11-. The van der Waals surface area contributed by atoms with Crippen LogP contribution in [0.5, 0.6) is 0 Å². The predicted octanol–water partition coefficient (Wildman–Crippen LogP) is 3.67. The summed E-state index contributed by atoms with van der Waals surface area (Å²) < 4.78 is 5.05. The van der Waals surface area contributed by atoms with Crippen molar-refractivity contribution in [1.29, 1.82) is 0 Å². The Kier molecular flexibility index (Phi) is 5.06. The van der Waals surface area contributed by atoms with Crippen molar-refractivity contribution in [1.82, 2.24) is 5.43 Å². The number of furan rings is 1. The number of hydrogen-bond donors (Lipinski definition) is 2. The SMILES string of the molecule is Cc1ccc(/C=N\NC(=O)c2ccccc2NC(=O)c2ccco2)s1. The average Bonchev–Trinajstić information content (AvgIpc) is 3.27. The van der Waals surface area contributed by atoms with E-state index in [-0.39, 0.29) is 5.76 Å². The van der Waals surface area contributed by atoms with Gasteiger partial charge in [0.1, 0.15) is 0 Å². The van der Waals surface area contributed by atoms with Crippen LogP contribution in [0.4, 0.5) is 5.69 Å². The molecule has 0 fully saturated rings. The van der Waals surface area contributed by atoms with E-state index in [9.17, 15) is 9.59 Å². The smallest absolute Gasteiger partial charge is 0.291 e. The Bertz CT molecular complexity index is 913. The lowest BCUT2D eigenvalue weighted by atomic mass is 10.1. The van der Waals surface area contributed by atoms with Crippen LogP contribution < -0.4 is 10.7 Å². The number of carbonyl (C=O) groups excluding carboxylic acids is 2. The van der Waals surface area contributed by atoms with Gasteiger partial charge in [0, 0.05) is 9.75 Å². The molecule has 0 spiro atoms. The molecule has 6 nitrogen and oxygen atoms in total. The van der Waals surface area contributed by atoms with Gasteiger partial charge in [-0.1, -0.05) is 12.1 Å². The van der Waals surface area contributed by atoms with Crippen molar-refractivity contribution in [2.75, 3.05) is 5.32 Å². The molecule has 0 aliphatic heterocycles. The second-order valence-electron chi connectivity index (χ2n) is 5.12. The lowest BCUT2D eigenvalue weighted by Gasteiger charge is -2.08. The van der Waals surface area contributed by atoms with Crippen LogP contribution in [0.25, 0.3) is 0 Å². The minimum atomic E-state index is -0.428. The summed E-state index contributed by atoms with van der Waals surface area (Å²) in [6.45, 7) is 2.00. The molecule has 126 valence electrons. The molecular weight excluding hydrogens is 338 g/mol. The molecule has 0 aliphatic rings. The molecule has 3 aromatic rings. The third-order valence-corrected chi connectivity index (χ3v) is 4.22. The van der Waals surface area contributed by atoms with Gasteiger partial charge in [0.15, 0.2) is 5.76 Å². The van der Waals surface area contributed by atoms with Gasteiger partial charge in [0.05, 0.1) is 23.7 Å². The maximum absolute atomic E-state index is 12.3. The summed E-state index contributed by atoms with van der Waals surface area (Å²) in [6.07, 6.45) is 2.99. The van der Waals surface area contributed by atoms with Gasteiger partial charge >= 0.3 is 0 Å². The van der Waals surface area contributed by atoms with Crippen LogP contribution in [0.1, 0.15) is 30.7 Å². The number of anilines is 1. The molecule has 0 radical (unpaired) electrons. The highest BCUT2D eigenvalue weighted by molar-refractivity contribution is 7.13. The quantitative estimate of drug-likeness (QED) is 0.542. The van der Waals surface area contributed by atoms with E-state index in [1.54, 1.807) is 53.9 Å². The van der Waals surface area contributed by atoms with Gasteiger partial charge in [-0.15, -0.1) is 11.3 Å². The van der Waals surface area contributed by atoms with Crippen molar-refractivity contribution in [3.05, 3.63) is 75.9 Å². The zero-order valence-corrected chi connectivity index (χ0v) is 14.2.